The highest BCUT2D eigenvalue weighted by atomic mass is 32.1. The Hall–Kier alpha value is -3.00. The second kappa shape index (κ2) is 7.27. The lowest BCUT2D eigenvalue weighted by Gasteiger charge is -2.06. The first kappa shape index (κ1) is 16.8. The number of benzene rings is 2. The van der Waals surface area contributed by atoms with Crippen molar-refractivity contribution in [3.8, 4) is 5.75 Å². The molecule has 0 aliphatic heterocycles. The molecule has 3 rings (SSSR count). The normalized spacial score (nSPS) is 10.6. The SMILES string of the molecule is CCc1ccc(OCC(=O)Nc2nc3ccc([N+](=O)[O-])cc3s2)cc1. The van der Waals surface area contributed by atoms with Crippen LogP contribution in [0.3, 0.4) is 0 Å². The van der Waals surface area contributed by atoms with Gasteiger partial charge in [-0.05, 0) is 30.2 Å². The molecule has 128 valence electrons. The van der Waals surface area contributed by atoms with Gasteiger partial charge in [0.25, 0.3) is 11.6 Å². The highest BCUT2D eigenvalue weighted by Crippen LogP contribution is 2.29. The Morgan fingerprint density at radius 1 is 1.28 bits per heavy atom. The van der Waals surface area contributed by atoms with E-state index in [1.807, 2.05) is 24.3 Å². The summed E-state index contributed by atoms with van der Waals surface area (Å²) in [6.45, 7) is 1.93. The Morgan fingerprint density at radius 3 is 2.72 bits per heavy atom. The number of fused-ring (bicyclic) bond motifs is 1. The number of rotatable bonds is 6. The number of thiazole rings is 1. The van der Waals surface area contributed by atoms with Crippen LogP contribution in [0.1, 0.15) is 12.5 Å². The van der Waals surface area contributed by atoms with Crippen LogP contribution in [0.5, 0.6) is 5.75 Å². The number of hydrogen-bond acceptors (Lipinski definition) is 6. The molecule has 0 radical (unpaired) electrons. The van der Waals surface area contributed by atoms with Crippen molar-refractivity contribution in [2.75, 3.05) is 11.9 Å². The van der Waals surface area contributed by atoms with Gasteiger partial charge in [0.2, 0.25) is 0 Å². The van der Waals surface area contributed by atoms with E-state index in [0.29, 0.717) is 21.1 Å². The Kier molecular flexibility index (Phi) is 4.90. The summed E-state index contributed by atoms with van der Waals surface area (Å²) in [6, 6.07) is 11.9. The van der Waals surface area contributed by atoms with Crippen molar-refractivity contribution in [2.45, 2.75) is 13.3 Å². The third kappa shape index (κ3) is 4.10. The minimum absolute atomic E-state index is 0.00659. The van der Waals surface area contributed by atoms with Gasteiger partial charge in [-0.25, -0.2) is 4.98 Å². The van der Waals surface area contributed by atoms with E-state index in [2.05, 4.69) is 17.2 Å². The number of nitro benzene ring substituents is 1. The molecular weight excluding hydrogens is 342 g/mol. The predicted molar refractivity (Wildman–Crippen MR) is 96.2 cm³/mol. The molecule has 3 aromatic rings. The number of amides is 1. The number of non-ortho nitro benzene ring substituents is 1. The Bertz CT molecular complexity index is 921. The molecule has 0 aliphatic carbocycles. The zero-order valence-corrected chi connectivity index (χ0v) is 14.2. The molecule has 0 spiro atoms. The summed E-state index contributed by atoms with van der Waals surface area (Å²) >= 11 is 1.18. The van der Waals surface area contributed by atoms with Crippen LogP contribution in [0.2, 0.25) is 0 Å². The van der Waals surface area contributed by atoms with Gasteiger partial charge in [0, 0.05) is 12.1 Å². The van der Waals surface area contributed by atoms with Crippen LogP contribution in [-0.4, -0.2) is 22.4 Å². The number of nitro groups is 1. The minimum Gasteiger partial charge on any atom is -0.484 e. The zero-order chi connectivity index (χ0) is 17.8. The number of carbonyl (C=O) groups is 1. The molecule has 1 N–H and O–H groups in total. The summed E-state index contributed by atoms with van der Waals surface area (Å²) in [6.07, 6.45) is 0.941. The zero-order valence-electron chi connectivity index (χ0n) is 13.4. The molecule has 1 amide bonds. The topological polar surface area (TPSA) is 94.4 Å². The Morgan fingerprint density at radius 2 is 2.04 bits per heavy atom. The first-order valence-electron chi connectivity index (χ1n) is 7.61. The average molecular weight is 357 g/mol. The van der Waals surface area contributed by atoms with E-state index in [1.54, 1.807) is 6.07 Å². The van der Waals surface area contributed by atoms with Crippen LogP contribution >= 0.6 is 11.3 Å². The molecule has 0 bridgehead atoms. The van der Waals surface area contributed by atoms with Gasteiger partial charge in [-0.15, -0.1) is 0 Å². The number of carbonyl (C=O) groups excluding carboxylic acids is 1. The van der Waals surface area contributed by atoms with Crippen LogP contribution in [0.25, 0.3) is 10.2 Å². The highest BCUT2D eigenvalue weighted by molar-refractivity contribution is 7.22. The lowest BCUT2D eigenvalue weighted by Crippen LogP contribution is -2.19. The quantitative estimate of drug-likeness (QED) is 0.535. The van der Waals surface area contributed by atoms with E-state index >= 15 is 0 Å². The van der Waals surface area contributed by atoms with Gasteiger partial charge in [-0.2, -0.15) is 0 Å². The molecule has 0 aliphatic rings. The van der Waals surface area contributed by atoms with Crippen molar-refractivity contribution in [1.82, 2.24) is 4.98 Å². The number of ether oxygens (including phenoxy) is 1. The lowest BCUT2D eigenvalue weighted by atomic mass is 10.2. The number of nitrogens with one attached hydrogen (secondary N) is 1. The fraction of sp³-hybridized carbons (Fsp3) is 0.176. The monoisotopic (exact) mass is 357 g/mol. The van der Waals surface area contributed by atoms with Crippen molar-refractivity contribution in [3.05, 3.63) is 58.1 Å². The third-order valence-electron chi connectivity index (χ3n) is 3.53. The number of hydrogen-bond donors (Lipinski definition) is 1. The first-order valence-corrected chi connectivity index (χ1v) is 8.43. The van der Waals surface area contributed by atoms with Crippen molar-refractivity contribution < 1.29 is 14.5 Å². The second-order valence-electron chi connectivity index (χ2n) is 5.26. The van der Waals surface area contributed by atoms with E-state index in [1.165, 1.54) is 29.0 Å². The number of anilines is 1. The van der Waals surface area contributed by atoms with Gasteiger partial charge < -0.3 is 4.74 Å². The van der Waals surface area contributed by atoms with Crippen molar-refractivity contribution in [1.29, 1.82) is 0 Å². The Balaban J connectivity index is 1.62. The molecule has 25 heavy (non-hydrogen) atoms. The number of nitrogens with zero attached hydrogens (tertiary/aromatic N) is 2. The van der Waals surface area contributed by atoms with Crippen LogP contribution in [0.15, 0.2) is 42.5 Å². The van der Waals surface area contributed by atoms with Gasteiger partial charge in [-0.1, -0.05) is 30.4 Å². The van der Waals surface area contributed by atoms with Crippen molar-refractivity contribution >= 4 is 38.3 Å². The molecule has 0 atom stereocenters. The fourth-order valence-corrected chi connectivity index (χ4v) is 3.12. The predicted octanol–water partition coefficient (Wildman–Crippen LogP) is 3.78. The highest BCUT2D eigenvalue weighted by Gasteiger charge is 2.12. The molecule has 7 nitrogen and oxygen atoms in total. The minimum atomic E-state index is -0.463. The molecule has 0 saturated heterocycles. The van der Waals surface area contributed by atoms with Gasteiger partial charge in [0.1, 0.15) is 5.75 Å². The molecule has 0 saturated carbocycles. The fourth-order valence-electron chi connectivity index (χ4n) is 2.21. The molecule has 0 unspecified atom stereocenters. The van der Waals surface area contributed by atoms with Gasteiger partial charge in [0.15, 0.2) is 11.7 Å². The molecule has 2 aromatic carbocycles. The summed E-state index contributed by atoms with van der Waals surface area (Å²) in [4.78, 5) is 26.6. The van der Waals surface area contributed by atoms with Crippen LogP contribution in [0, 0.1) is 10.1 Å². The van der Waals surface area contributed by atoms with Crippen molar-refractivity contribution in [2.24, 2.45) is 0 Å². The largest absolute Gasteiger partial charge is 0.484 e. The molecule has 1 heterocycles. The van der Waals surface area contributed by atoms with Crippen LogP contribution in [-0.2, 0) is 11.2 Å². The maximum absolute atomic E-state index is 12.0. The van der Waals surface area contributed by atoms with Gasteiger partial charge >= 0.3 is 0 Å². The number of aromatic nitrogens is 1. The summed E-state index contributed by atoms with van der Waals surface area (Å²) in [5.41, 5.74) is 1.79. The summed E-state index contributed by atoms with van der Waals surface area (Å²) in [5.74, 6) is 0.278. The summed E-state index contributed by atoms with van der Waals surface area (Å²) < 4.78 is 6.08. The van der Waals surface area contributed by atoms with E-state index in [-0.39, 0.29) is 18.2 Å². The van der Waals surface area contributed by atoms with E-state index in [4.69, 9.17) is 4.74 Å². The van der Waals surface area contributed by atoms with E-state index in [9.17, 15) is 14.9 Å². The average Bonchev–Trinajstić information content (AvgIpc) is 3.01. The number of aryl methyl sites for hydroxylation is 1. The van der Waals surface area contributed by atoms with E-state index in [0.717, 1.165) is 6.42 Å². The molecule has 8 heteroatoms. The molecule has 0 fully saturated rings. The summed E-state index contributed by atoms with van der Waals surface area (Å²) in [7, 11) is 0. The third-order valence-corrected chi connectivity index (χ3v) is 4.46. The maximum Gasteiger partial charge on any atom is 0.270 e. The second-order valence-corrected chi connectivity index (χ2v) is 6.29. The van der Waals surface area contributed by atoms with Gasteiger partial charge in [0.05, 0.1) is 15.1 Å². The van der Waals surface area contributed by atoms with Crippen LogP contribution in [0.4, 0.5) is 10.8 Å². The van der Waals surface area contributed by atoms with Gasteiger partial charge in [-0.3, -0.25) is 20.2 Å². The molecular formula is C17H15N3O4S. The van der Waals surface area contributed by atoms with Crippen LogP contribution < -0.4 is 10.1 Å². The first-order chi connectivity index (χ1) is 12.0. The van der Waals surface area contributed by atoms with Crippen molar-refractivity contribution in [3.63, 3.8) is 0 Å². The smallest absolute Gasteiger partial charge is 0.270 e. The lowest BCUT2D eigenvalue weighted by molar-refractivity contribution is -0.384. The standard InChI is InChI=1S/C17H15N3O4S/c1-2-11-3-6-13(7-4-11)24-10-16(21)19-17-18-14-8-5-12(20(22)23)9-15(14)25-17/h3-9H,2,10H2,1H3,(H,18,19,21). The Labute approximate surface area is 147 Å². The maximum atomic E-state index is 12.0. The van der Waals surface area contributed by atoms with E-state index < -0.39 is 4.92 Å². The molecule has 1 aromatic heterocycles. The summed E-state index contributed by atoms with van der Waals surface area (Å²) in [5, 5.41) is 13.8.